The van der Waals surface area contributed by atoms with E-state index in [0.717, 1.165) is 17.1 Å². The number of rotatable bonds is 7. The standard InChI is InChI=1S/C19H19ClN4O2/c1-3-26-17-7-5-4-6-15(17)23-19-21-11-10-18(24-19)22-13-8-9-16(25-2)14(20)12-13/h4-12H,3H2,1-2H3,(H2,21,22,23,24). The highest BCUT2D eigenvalue weighted by atomic mass is 35.5. The average Bonchev–Trinajstić information content (AvgIpc) is 2.64. The predicted octanol–water partition coefficient (Wildman–Crippen LogP) is 5.02. The largest absolute Gasteiger partial charge is 0.495 e. The van der Waals surface area contributed by atoms with Gasteiger partial charge in [-0.15, -0.1) is 0 Å². The molecule has 3 aromatic rings. The van der Waals surface area contributed by atoms with E-state index in [0.29, 0.717) is 29.1 Å². The molecule has 2 N–H and O–H groups in total. The van der Waals surface area contributed by atoms with Crippen molar-refractivity contribution in [2.45, 2.75) is 6.92 Å². The zero-order valence-electron chi connectivity index (χ0n) is 14.5. The first-order chi connectivity index (χ1) is 12.7. The highest BCUT2D eigenvalue weighted by Gasteiger charge is 2.07. The summed E-state index contributed by atoms with van der Waals surface area (Å²) in [7, 11) is 1.58. The van der Waals surface area contributed by atoms with E-state index in [1.54, 1.807) is 31.5 Å². The van der Waals surface area contributed by atoms with Crippen molar-refractivity contribution in [3.63, 3.8) is 0 Å². The molecule has 0 atom stereocenters. The summed E-state index contributed by atoms with van der Waals surface area (Å²) in [5, 5.41) is 6.90. The molecule has 0 fully saturated rings. The van der Waals surface area contributed by atoms with Gasteiger partial charge in [-0.05, 0) is 43.3 Å². The molecule has 0 radical (unpaired) electrons. The number of nitrogens with zero attached hydrogens (tertiary/aromatic N) is 2. The van der Waals surface area contributed by atoms with Crippen molar-refractivity contribution in [3.05, 3.63) is 59.8 Å². The Bertz CT molecular complexity index is 889. The van der Waals surface area contributed by atoms with Gasteiger partial charge in [-0.2, -0.15) is 4.98 Å². The second kappa shape index (κ2) is 8.40. The lowest BCUT2D eigenvalue weighted by molar-refractivity contribution is 0.342. The minimum atomic E-state index is 0.460. The van der Waals surface area contributed by atoms with Crippen LogP contribution >= 0.6 is 11.6 Å². The number of anilines is 4. The molecular formula is C19H19ClN4O2. The normalized spacial score (nSPS) is 10.3. The first kappa shape index (κ1) is 17.8. The average molecular weight is 371 g/mol. The molecule has 0 saturated heterocycles. The van der Waals surface area contributed by atoms with Crippen LogP contribution in [0.1, 0.15) is 6.92 Å². The first-order valence-electron chi connectivity index (χ1n) is 8.12. The fraction of sp³-hybridized carbons (Fsp3) is 0.158. The van der Waals surface area contributed by atoms with Crippen molar-refractivity contribution in [2.24, 2.45) is 0 Å². The number of halogens is 1. The third kappa shape index (κ3) is 4.34. The summed E-state index contributed by atoms with van der Waals surface area (Å²) < 4.78 is 10.8. The summed E-state index contributed by atoms with van der Waals surface area (Å²) in [6.07, 6.45) is 1.67. The SMILES string of the molecule is CCOc1ccccc1Nc1nccc(Nc2ccc(OC)c(Cl)c2)n1. The number of methoxy groups -OCH3 is 1. The highest BCUT2D eigenvalue weighted by molar-refractivity contribution is 6.32. The molecule has 3 rings (SSSR count). The third-order valence-corrected chi connectivity index (χ3v) is 3.81. The maximum atomic E-state index is 6.16. The van der Waals surface area contributed by atoms with Crippen molar-refractivity contribution in [3.8, 4) is 11.5 Å². The first-order valence-corrected chi connectivity index (χ1v) is 8.50. The summed E-state index contributed by atoms with van der Waals surface area (Å²) in [4.78, 5) is 8.73. The summed E-state index contributed by atoms with van der Waals surface area (Å²) in [6, 6.07) is 14.9. The Hall–Kier alpha value is -2.99. The smallest absolute Gasteiger partial charge is 0.229 e. The number of aromatic nitrogens is 2. The number of benzene rings is 2. The predicted molar refractivity (Wildman–Crippen MR) is 104 cm³/mol. The number of para-hydroxylation sites is 2. The lowest BCUT2D eigenvalue weighted by Crippen LogP contribution is -2.02. The third-order valence-electron chi connectivity index (χ3n) is 3.51. The van der Waals surface area contributed by atoms with Crippen molar-refractivity contribution < 1.29 is 9.47 Å². The van der Waals surface area contributed by atoms with Crippen LogP contribution in [0.2, 0.25) is 5.02 Å². The van der Waals surface area contributed by atoms with Gasteiger partial charge in [-0.1, -0.05) is 23.7 Å². The minimum absolute atomic E-state index is 0.460. The van der Waals surface area contributed by atoms with Crippen LogP contribution in [0.15, 0.2) is 54.7 Å². The molecule has 7 heteroatoms. The zero-order chi connectivity index (χ0) is 18.4. The summed E-state index contributed by atoms with van der Waals surface area (Å²) in [6.45, 7) is 2.52. The fourth-order valence-electron chi connectivity index (χ4n) is 2.35. The monoisotopic (exact) mass is 370 g/mol. The Kier molecular flexibility index (Phi) is 5.76. The second-order valence-electron chi connectivity index (χ2n) is 5.29. The van der Waals surface area contributed by atoms with Gasteiger partial charge >= 0.3 is 0 Å². The molecule has 0 aliphatic heterocycles. The Morgan fingerprint density at radius 3 is 2.65 bits per heavy atom. The van der Waals surface area contributed by atoms with Gasteiger partial charge in [0.1, 0.15) is 17.3 Å². The van der Waals surface area contributed by atoms with Gasteiger partial charge in [0.05, 0.1) is 24.4 Å². The molecule has 0 amide bonds. The summed E-state index contributed by atoms with van der Waals surface area (Å²) in [5.41, 5.74) is 1.61. The highest BCUT2D eigenvalue weighted by Crippen LogP contribution is 2.29. The van der Waals surface area contributed by atoms with E-state index in [4.69, 9.17) is 21.1 Å². The van der Waals surface area contributed by atoms with Crippen LogP contribution in [-0.2, 0) is 0 Å². The number of nitrogens with one attached hydrogen (secondary N) is 2. The molecule has 1 aromatic heterocycles. The van der Waals surface area contributed by atoms with Gasteiger partial charge in [0, 0.05) is 11.9 Å². The van der Waals surface area contributed by atoms with Gasteiger partial charge < -0.3 is 20.1 Å². The molecule has 0 aliphatic rings. The van der Waals surface area contributed by atoms with Crippen LogP contribution in [0.25, 0.3) is 0 Å². The zero-order valence-corrected chi connectivity index (χ0v) is 15.2. The van der Waals surface area contributed by atoms with E-state index in [2.05, 4.69) is 20.6 Å². The van der Waals surface area contributed by atoms with Gasteiger partial charge in [-0.25, -0.2) is 4.98 Å². The van der Waals surface area contributed by atoms with Crippen LogP contribution in [0.5, 0.6) is 11.5 Å². The summed E-state index contributed by atoms with van der Waals surface area (Å²) in [5.74, 6) is 2.47. The number of hydrogen-bond acceptors (Lipinski definition) is 6. The minimum Gasteiger partial charge on any atom is -0.495 e. The maximum absolute atomic E-state index is 6.16. The quantitative estimate of drug-likeness (QED) is 0.608. The van der Waals surface area contributed by atoms with Crippen LogP contribution in [0.4, 0.5) is 23.1 Å². The van der Waals surface area contributed by atoms with Gasteiger partial charge in [0.15, 0.2) is 0 Å². The molecule has 0 bridgehead atoms. The Morgan fingerprint density at radius 2 is 1.88 bits per heavy atom. The molecule has 1 heterocycles. The summed E-state index contributed by atoms with van der Waals surface area (Å²) >= 11 is 6.16. The number of hydrogen-bond donors (Lipinski definition) is 2. The molecule has 0 aliphatic carbocycles. The van der Waals surface area contributed by atoms with E-state index >= 15 is 0 Å². The van der Waals surface area contributed by atoms with Crippen molar-refractivity contribution in [2.75, 3.05) is 24.4 Å². The fourth-order valence-corrected chi connectivity index (χ4v) is 2.61. The molecule has 0 saturated carbocycles. The van der Waals surface area contributed by atoms with Crippen LogP contribution in [0.3, 0.4) is 0 Å². The Balaban J connectivity index is 1.77. The second-order valence-corrected chi connectivity index (χ2v) is 5.70. The molecule has 0 unspecified atom stereocenters. The van der Waals surface area contributed by atoms with Crippen molar-refractivity contribution >= 4 is 34.7 Å². The number of ether oxygens (including phenoxy) is 2. The molecule has 6 nitrogen and oxygen atoms in total. The lowest BCUT2D eigenvalue weighted by atomic mass is 10.3. The lowest BCUT2D eigenvalue weighted by Gasteiger charge is -2.12. The molecule has 134 valence electrons. The van der Waals surface area contributed by atoms with Crippen molar-refractivity contribution in [1.29, 1.82) is 0 Å². The van der Waals surface area contributed by atoms with Crippen LogP contribution < -0.4 is 20.1 Å². The van der Waals surface area contributed by atoms with E-state index in [9.17, 15) is 0 Å². The Labute approximate surface area is 157 Å². The maximum Gasteiger partial charge on any atom is 0.229 e. The van der Waals surface area contributed by atoms with E-state index in [1.165, 1.54) is 0 Å². The van der Waals surface area contributed by atoms with Gasteiger partial charge in [-0.3, -0.25) is 0 Å². The van der Waals surface area contributed by atoms with Gasteiger partial charge in [0.25, 0.3) is 0 Å². The van der Waals surface area contributed by atoms with E-state index < -0.39 is 0 Å². The van der Waals surface area contributed by atoms with Gasteiger partial charge in [0.2, 0.25) is 5.95 Å². The molecule has 26 heavy (non-hydrogen) atoms. The van der Waals surface area contributed by atoms with Crippen LogP contribution in [-0.4, -0.2) is 23.7 Å². The van der Waals surface area contributed by atoms with E-state index in [1.807, 2.05) is 37.3 Å². The molecule has 2 aromatic carbocycles. The van der Waals surface area contributed by atoms with Crippen molar-refractivity contribution in [1.82, 2.24) is 9.97 Å². The molecular weight excluding hydrogens is 352 g/mol. The van der Waals surface area contributed by atoms with E-state index in [-0.39, 0.29) is 0 Å². The topological polar surface area (TPSA) is 68.3 Å². The van der Waals surface area contributed by atoms with Crippen LogP contribution in [0, 0.1) is 0 Å². The molecule has 0 spiro atoms. The Morgan fingerprint density at radius 1 is 1.04 bits per heavy atom.